The third kappa shape index (κ3) is 4.53. The molecular formula is C17H25F2N3O2. The Morgan fingerprint density at radius 1 is 1.33 bits per heavy atom. The van der Waals surface area contributed by atoms with Crippen LogP contribution in [0.4, 0.5) is 8.78 Å². The highest BCUT2D eigenvalue weighted by molar-refractivity contribution is 5.66. The molecule has 134 valence electrons. The fourth-order valence-electron chi connectivity index (χ4n) is 3.93. The molecule has 2 heterocycles. The normalized spacial score (nSPS) is 25.7. The Morgan fingerprint density at radius 2 is 2.08 bits per heavy atom. The molecular weight excluding hydrogens is 316 g/mol. The lowest BCUT2D eigenvalue weighted by Crippen LogP contribution is -2.39. The molecule has 1 aromatic rings. The van der Waals surface area contributed by atoms with Crippen molar-refractivity contribution in [2.45, 2.75) is 56.9 Å². The van der Waals surface area contributed by atoms with E-state index in [2.05, 4.69) is 10.00 Å². The number of aromatic nitrogens is 2. The van der Waals surface area contributed by atoms with Crippen molar-refractivity contribution in [2.75, 3.05) is 19.6 Å². The van der Waals surface area contributed by atoms with Crippen LogP contribution in [0, 0.1) is 5.92 Å². The highest BCUT2D eigenvalue weighted by Crippen LogP contribution is 2.37. The SMILES string of the molecule is O=C(O)Cn1ccc(C2CCCN(CC3CCC(F)(F)CC3)C2)n1. The molecule has 1 aliphatic heterocycles. The largest absolute Gasteiger partial charge is 0.480 e. The summed E-state index contributed by atoms with van der Waals surface area (Å²) in [5, 5.41) is 13.2. The molecule has 3 rings (SSSR count). The van der Waals surface area contributed by atoms with Gasteiger partial charge in [0.1, 0.15) is 6.54 Å². The zero-order valence-electron chi connectivity index (χ0n) is 13.8. The van der Waals surface area contributed by atoms with Gasteiger partial charge >= 0.3 is 5.97 Å². The molecule has 24 heavy (non-hydrogen) atoms. The number of hydrogen-bond acceptors (Lipinski definition) is 3. The maximum absolute atomic E-state index is 13.3. The fraction of sp³-hybridized carbons (Fsp3) is 0.765. The molecule has 1 aliphatic carbocycles. The van der Waals surface area contributed by atoms with E-state index in [1.807, 2.05) is 6.07 Å². The number of carboxylic acid groups (broad SMARTS) is 1. The topological polar surface area (TPSA) is 58.4 Å². The maximum Gasteiger partial charge on any atom is 0.325 e. The molecule has 1 atom stereocenters. The molecule has 0 bridgehead atoms. The second kappa shape index (κ2) is 7.17. The van der Waals surface area contributed by atoms with E-state index in [1.54, 1.807) is 6.20 Å². The molecule has 0 aromatic carbocycles. The van der Waals surface area contributed by atoms with E-state index >= 15 is 0 Å². The molecule has 7 heteroatoms. The number of rotatable bonds is 5. The fourth-order valence-corrected chi connectivity index (χ4v) is 3.93. The van der Waals surface area contributed by atoms with Crippen LogP contribution in [0.2, 0.25) is 0 Å². The predicted octanol–water partition coefficient (Wildman–Crippen LogP) is 2.97. The summed E-state index contributed by atoms with van der Waals surface area (Å²) in [6.07, 6.45) is 5.10. The van der Waals surface area contributed by atoms with Gasteiger partial charge in [0, 0.05) is 38.0 Å². The first kappa shape index (κ1) is 17.3. The van der Waals surface area contributed by atoms with Crippen LogP contribution in [0.5, 0.6) is 0 Å². The number of aliphatic carboxylic acids is 1. The summed E-state index contributed by atoms with van der Waals surface area (Å²) in [7, 11) is 0. The van der Waals surface area contributed by atoms with Crippen LogP contribution in [-0.4, -0.2) is 51.3 Å². The van der Waals surface area contributed by atoms with Crippen molar-refractivity contribution in [1.29, 1.82) is 0 Å². The summed E-state index contributed by atoms with van der Waals surface area (Å²) in [6, 6.07) is 1.90. The van der Waals surface area contributed by atoms with Gasteiger partial charge in [0.25, 0.3) is 0 Å². The van der Waals surface area contributed by atoms with E-state index in [4.69, 9.17) is 5.11 Å². The highest BCUT2D eigenvalue weighted by atomic mass is 19.3. The first-order chi connectivity index (χ1) is 11.4. The number of halogens is 2. The minimum atomic E-state index is -2.46. The Bertz CT molecular complexity index is 566. The van der Waals surface area contributed by atoms with Crippen LogP contribution in [0.1, 0.15) is 50.1 Å². The molecule has 5 nitrogen and oxygen atoms in total. The summed E-state index contributed by atoms with van der Waals surface area (Å²) in [4.78, 5) is 13.1. The lowest BCUT2D eigenvalue weighted by molar-refractivity contribution is -0.137. The molecule has 1 saturated carbocycles. The van der Waals surface area contributed by atoms with Gasteiger partial charge in [0.15, 0.2) is 0 Å². The Kier molecular flexibility index (Phi) is 5.18. The molecule has 2 fully saturated rings. The summed E-state index contributed by atoms with van der Waals surface area (Å²) in [5.74, 6) is -2.69. The van der Waals surface area contributed by atoms with Crippen molar-refractivity contribution in [2.24, 2.45) is 5.92 Å². The Morgan fingerprint density at radius 3 is 2.79 bits per heavy atom. The van der Waals surface area contributed by atoms with E-state index in [9.17, 15) is 13.6 Å². The molecule has 2 aliphatic rings. The number of piperidine rings is 1. The van der Waals surface area contributed by atoms with Gasteiger partial charge in [0.2, 0.25) is 5.92 Å². The van der Waals surface area contributed by atoms with Gasteiger partial charge in [0.05, 0.1) is 5.69 Å². The Balaban J connectivity index is 1.53. The van der Waals surface area contributed by atoms with E-state index in [1.165, 1.54) is 4.68 Å². The minimum absolute atomic E-state index is 0.0224. The van der Waals surface area contributed by atoms with E-state index in [0.717, 1.165) is 38.2 Å². The third-order valence-electron chi connectivity index (χ3n) is 5.24. The summed E-state index contributed by atoms with van der Waals surface area (Å²) in [6.45, 7) is 2.67. The molecule has 0 spiro atoms. The highest BCUT2D eigenvalue weighted by Gasteiger charge is 2.36. The molecule has 1 N–H and O–H groups in total. The van der Waals surface area contributed by atoms with E-state index in [0.29, 0.717) is 24.7 Å². The third-order valence-corrected chi connectivity index (χ3v) is 5.24. The van der Waals surface area contributed by atoms with Crippen LogP contribution < -0.4 is 0 Å². The standard InChI is InChI=1S/C17H25F2N3O2/c18-17(19)6-3-13(4-7-17)10-21-8-1-2-14(11-21)15-5-9-22(20-15)12-16(23)24/h5,9,13-14H,1-4,6-8,10-12H2,(H,23,24). The van der Waals surface area contributed by atoms with Gasteiger partial charge in [-0.15, -0.1) is 0 Å². The van der Waals surface area contributed by atoms with Crippen LogP contribution in [0.25, 0.3) is 0 Å². The first-order valence-corrected chi connectivity index (χ1v) is 8.76. The zero-order chi connectivity index (χ0) is 17.2. The molecule has 0 radical (unpaired) electrons. The average molecular weight is 341 g/mol. The van der Waals surface area contributed by atoms with Gasteiger partial charge in [-0.05, 0) is 44.2 Å². The average Bonchev–Trinajstić information content (AvgIpc) is 2.97. The van der Waals surface area contributed by atoms with E-state index < -0.39 is 11.9 Å². The molecule has 1 saturated heterocycles. The van der Waals surface area contributed by atoms with Crippen molar-refractivity contribution in [1.82, 2.24) is 14.7 Å². The minimum Gasteiger partial charge on any atom is -0.480 e. The van der Waals surface area contributed by atoms with Crippen LogP contribution in [0.15, 0.2) is 12.3 Å². The van der Waals surface area contributed by atoms with Crippen molar-refractivity contribution in [3.63, 3.8) is 0 Å². The lowest BCUT2D eigenvalue weighted by atomic mass is 9.85. The number of hydrogen-bond donors (Lipinski definition) is 1. The summed E-state index contributed by atoms with van der Waals surface area (Å²) < 4.78 is 28.0. The van der Waals surface area contributed by atoms with Gasteiger partial charge in [-0.25, -0.2) is 8.78 Å². The second-order valence-corrected chi connectivity index (χ2v) is 7.23. The number of carboxylic acids is 1. The molecule has 0 amide bonds. The van der Waals surface area contributed by atoms with Gasteiger partial charge in [-0.1, -0.05) is 0 Å². The van der Waals surface area contributed by atoms with Gasteiger partial charge in [-0.2, -0.15) is 5.10 Å². The van der Waals surface area contributed by atoms with Crippen LogP contribution in [-0.2, 0) is 11.3 Å². The van der Waals surface area contributed by atoms with Crippen molar-refractivity contribution >= 4 is 5.97 Å². The molecule has 1 aromatic heterocycles. The molecule has 1 unspecified atom stereocenters. The summed E-state index contributed by atoms with van der Waals surface area (Å²) in [5.41, 5.74) is 0.941. The quantitative estimate of drug-likeness (QED) is 0.894. The predicted molar refractivity (Wildman–Crippen MR) is 85.2 cm³/mol. The van der Waals surface area contributed by atoms with Crippen LogP contribution >= 0.6 is 0 Å². The Labute approximate surface area is 140 Å². The number of alkyl halides is 2. The number of likely N-dealkylation sites (tertiary alicyclic amines) is 1. The number of nitrogens with zero attached hydrogens (tertiary/aromatic N) is 3. The van der Waals surface area contributed by atoms with Gasteiger partial charge in [-0.3, -0.25) is 9.48 Å². The summed E-state index contributed by atoms with van der Waals surface area (Å²) >= 11 is 0. The number of carbonyl (C=O) groups is 1. The van der Waals surface area contributed by atoms with Crippen LogP contribution in [0.3, 0.4) is 0 Å². The maximum atomic E-state index is 13.3. The second-order valence-electron chi connectivity index (χ2n) is 7.23. The van der Waals surface area contributed by atoms with Crippen molar-refractivity contribution in [3.05, 3.63) is 18.0 Å². The van der Waals surface area contributed by atoms with E-state index in [-0.39, 0.29) is 19.4 Å². The Hall–Kier alpha value is -1.50. The first-order valence-electron chi connectivity index (χ1n) is 8.76. The zero-order valence-corrected chi connectivity index (χ0v) is 13.8. The van der Waals surface area contributed by atoms with Crippen molar-refractivity contribution in [3.8, 4) is 0 Å². The smallest absolute Gasteiger partial charge is 0.325 e. The lowest BCUT2D eigenvalue weighted by Gasteiger charge is -2.36. The van der Waals surface area contributed by atoms with Gasteiger partial charge < -0.3 is 10.0 Å². The van der Waals surface area contributed by atoms with Crippen molar-refractivity contribution < 1.29 is 18.7 Å². The monoisotopic (exact) mass is 341 g/mol.